The molecule has 0 radical (unpaired) electrons. The Morgan fingerprint density at radius 3 is 2.26 bits per heavy atom. The van der Waals surface area contributed by atoms with E-state index in [2.05, 4.69) is 0 Å². The van der Waals surface area contributed by atoms with Gasteiger partial charge in [0.2, 0.25) is 0 Å². The Morgan fingerprint density at radius 2 is 1.63 bits per heavy atom. The standard InChI is InChI=1S/C16H20O3/c1-10(17)12(3)19-16-14(11(2)18)9-8-13-6-4-5-7-15(13)16/h4-12,17-18H,1-3H3/t10?,11-,12?/m1/s1. The lowest BCUT2D eigenvalue weighted by atomic mass is 10.0. The fourth-order valence-electron chi connectivity index (χ4n) is 2.00. The van der Waals surface area contributed by atoms with Crippen molar-refractivity contribution in [1.29, 1.82) is 0 Å². The summed E-state index contributed by atoms with van der Waals surface area (Å²) < 4.78 is 5.87. The van der Waals surface area contributed by atoms with Crippen molar-refractivity contribution < 1.29 is 14.9 Å². The van der Waals surface area contributed by atoms with Crippen LogP contribution >= 0.6 is 0 Å². The van der Waals surface area contributed by atoms with Crippen LogP contribution in [0.1, 0.15) is 32.4 Å². The van der Waals surface area contributed by atoms with Gasteiger partial charge in [-0.2, -0.15) is 0 Å². The Morgan fingerprint density at radius 1 is 0.947 bits per heavy atom. The van der Waals surface area contributed by atoms with Gasteiger partial charge in [0.05, 0.1) is 12.2 Å². The number of hydrogen-bond acceptors (Lipinski definition) is 3. The molecule has 2 aromatic carbocycles. The van der Waals surface area contributed by atoms with Crippen molar-refractivity contribution in [2.75, 3.05) is 0 Å². The van der Waals surface area contributed by atoms with E-state index < -0.39 is 12.2 Å². The SMILES string of the molecule is CC(O)C(C)Oc1c([C@@H](C)O)ccc2ccccc12. The molecule has 2 unspecified atom stereocenters. The summed E-state index contributed by atoms with van der Waals surface area (Å²) in [6.07, 6.45) is -1.51. The minimum absolute atomic E-state index is 0.330. The van der Waals surface area contributed by atoms with Gasteiger partial charge in [-0.3, -0.25) is 0 Å². The molecule has 102 valence electrons. The molecule has 2 N–H and O–H groups in total. The molecule has 3 nitrogen and oxygen atoms in total. The van der Waals surface area contributed by atoms with Gasteiger partial charge in [-0.1, -0.05) is 36.4 Å². The van der Waals surface area contributed by atoms with Crippen molar-refractivity contribution in [3.05, 3.63) is 42.0 Å². The zero-order valence-corrected chi connectivity index (χ0v) is 11.5. The average molecular weight is 260 g/mol. The molecule has 0 spiro atoms. The van der Waals surface area contributed by atoms with Crippen LogP contribution in [0.4, 0.5) is 0 Å². The van der Waals surface area contributed by atoms with E-state index in [-0.39, 0.29) is 6.10 Å². The normalized spacial score (nSPS) is 16.1. The number of benzene rings is 2. The summed E-state index contributed by atoms with van der Waals surface area (Å²) in [5, 5.41) is 21.5. The monoisotopic (exact) mass is 260 g/mol. The Kier molecular flexibility index (Phi) is 4.08. The summed E-state index contributed by atoms with van der Waals surface area (Å²) in [5.74, 6) is 0.654. The van der Waals surface area contributed by atoms with Crippen LogP contribution in [-0.4, -0.2) is 22.4 Å². The maximum Gasteiger partial charge on any atom is 0.133 e. The van der Waals surface area contributed by atoms with E-state index >= 15 is 0 Å². The quantitative estimate of drug-likeness (QED) is 0.888. The maximum absolute atomic E-state index is 9.87. The van der Waals surface area contributed by atoms with Crippen LogP contribution < -0.4 is 4.74 Å². The number of ether oxygens (including phenoxy) is 1. The molecule has 0 aliphatic rings. The first-order valence-corrected chi connectivity index (χ1v) is 6.55. The number of fused-ring (bicyclic) bond motifs is 1. The molecule has 3 heteroatoms. The van der Waals surface area contributed by atoms with Crippen LogP contribution in [-0.2, 0) is 0 Å². The van der Waals surface area contributed by atoms with E-state index in [1.807, 2.05) is 43.3 Å². The fourth-order valence-corrected chi connectivity index (χ4v) is 2.00. The molecular formula is C16H20O3. The maximum atomic E-state index is 9.87. The van der Waals surface area contributed by atoms with E-state index in [1.165, 1.54) is 0 Å². The van der Waals surface area contributed by atoms with Crippen LogP contribution in [0, 0.1) is 0 Å². The van der Waals surface area contributed by atoms with Gasteiger partial charge in [-0.25, -0.2) is 0 Å². The predicted molar refractivity (Wildman–Crippen MR) is 76.4 cm³/mol. The lowest BCUT2D eigenvalue weighted by Crippen LogP contribution is -2.26. The van der Waals surface area contributed by atoms with Crippen LogP contribution in [0.25, 0.3) is 10.8 Å². The first kappa shape index (κ1) is 13.8. The third-order valence-corrected chi connectivity index (χ3v) is 3.34. The fraction of sp³-hybridized carbons (Fsp3) is 0.375. The number of hydrogen-bond donors (Lipinski definition) is 2. The van der Waals surface area contributed by atoms with Crippen LogP contribution in [0.3, 0.4) is 0 Å². The molecule has 0 amide bonds. The zero-order valence-electron chi connectivity index (χ0n) is 11.5. The lowest BCUT2D eigenvalue weighted by molar-refractivity contribution is 0.0588. The Hall–Kier alpha value is -1.58. The van der Waals surface area contributed by atoms with Crippen molar-refractivity contribution in [2.45, 2.75) is 39.1 Å². The molecule has 0 saturated heterocycles. The van der Waals surface area contributed by atoms with Gasteiger partial charge in [0.1, 0.15) is 11.9 Å². The number of rotatable bonds is 4. The molecule has 0 aliphatic heterocycles. The van der Waals surface area contributed by atoms with Crippen molar-refractivity contribution in [2.24, 2.45) is 0 Å². The Balaban J connectivity index is 2.56. The molecule has 3 atom stereocenters. The molecule has 0 aliphatic carbocycles. The van der Waals surface area contributed by atoms with Gasteiger partial charge < -0.3 is 14.9 Å². The van der Waals surface area contributed by atoms with E-state index in [0.717, 1.165) is 16.3 Å². The third-order valence-electron chi connectivity index (χ3n) is 3.34. The second-order valence-electron chi connectivity index (χ2n) is 4.94. The predicted octanol–water partition coefficient (Wildman–Crippen LogP) is 3.04. The van der Waals surface area contributed by atoms with Gasteiger partial charge in [-0.05, 0) is 26.2 Å². The molecule has 0 fully saturated rings. The first-order chi connectivity index (χ1) is 9.00. The lowest BCUT2D eigenvalue weighted by Gasteiger charge is -2.22. The average Bonchev–Trinajstić information content (AvgIpc) is 2.38. The molecule has 0 aromatic heterocycles. The van der Waals surface area contributed by atoms with Crippen molar-refractivity contribution >= 4 is 10.8 Å². The van der Waals surface area contributed by atoms with E-state index in [9.17, 15) is 10.2 Å². The Bertz CT molecular complexity index is 561. The molecule has 2 rings (SSSR count). The molecule has 19 heavy (non-hydrogen) atoms. The van der Waals surface area contributed by atoms with Crippen LogP contribution in [0.15, 0.2) is 36.4 Å². The highest BCUT2D eigenvalue weighted by Crippen LogP contribution is 2.34. The van der Waals surface area contributed by atoms with Crippen molar-refractivity contribution in [1.82, 2.24) is 0 Å². The summed E-state index contributed by atoms with van der Waals surface area (Å²) >= 11 is 0. The summed E-state index contributed by atoms with van der Waals surface area (Å²) in [6.45, 7) is 5.22. The molecule has 0 bridgehead atoms. The van der Waals surface area contributed by atoms with Gasteiger partial charge in [-0.15, -0.1) is 0 Å². The van der Waals surface area contributed by atoms with Gasteiger partial charge in [0.25, 0.3) is 0 Å². The highest BCUT2D eigenvalue weighted by atomic mass is 16.5. The summed E-state index contributed by atoms with van der Waals surface area (Å²) in [7, 11) is 0. The highest BCUT2D eigenvalue weighted by Gasteiger charge is 2.17. The Labute approximate surface area is 113 Å². The van der Waals surface area contributed by atoms with E-state index in [0.29, 0.717) is 5.75 Å². The summed E-state index contributed by atoms with van der Waals surface area (Å²) in [4.78, 5) is 0. The topological polar surface area (TPSA) is 49.7 Å². The molecule has 0 heterocycles. The number of aliphatic hydroxyl groups is 2. The molecule has 0 saturated carbocycles. The summed E-state index contributed by atoms with van der Waals surface area (Å²) in [6, 6.07) is 11.7. The minimum atomic E-state index is -0.610. The van der Waals surface area contributed by atoms with Gasteiger partial charge in [0, 0.05) is 10.9 Å². The van der Waals surface area contributed by atoms with E-state index in [1.54, 1.807) is 13.8 Å². The van der Waals surface area contributed by atoms with Crippen molar-refractivity contribution in [3.63, 3.8) is 0 Å². The minimum Gasteiger partial charge on any atom is -0.487 e. The zero-order chi connectivity index (χ0) is 14.0. The van der Waals surface area contributed by atoms with Crippen molar-refractivity contribution in [3.8, 4) is 5.75 Å². The van der Waals surface area contributed by atoms with Crippen LogP contribution in [0.2, 0.25) is 0 Å². The molecular weight excluding hydrogens is 240 g/mol. The highest BCUT2D eigenvalue weighted by molar-refractivity contribution is 5.89. The third kappa shape index (κ3) is 2.88. The smallest absolute Gasteiger partial charge is 0.133 e. The van der Waals surface area contributed by atoms with Crippen LogP contribution in [0.5, 0.6) is 5.75 Å². The van der Waals surface area contributed by atoms with Gasteiger partial charge in [0.15, 0.2) is 0 Å². The second kappa shape index (κ2) is 5.59. The first-order valence-electron chi connectivity index (χ1n) is 6.55. The van der Waals surface area contributed by atoms with Gasteiger partial charge >= 0.3 is 0 Å². The second-order valence-corrected chi connectivity index (χ2v) is 4.94. The number of aliphatic hydroxyl groups excluding tert-OH is 2. The summed E-state index contributed by atoms with van der Waals surface area (Å²) in [5.41, 5.74) is 0.742. The largest absolute Gasteiger partial charge is 0.487 e. The van der Waals surface area contributed by atoms with E-state index in [4.69, 9.17) is 4.74 Å². The molecule has 2 aromatic rings.